The Kier molecular flexibility index (Phi) is 5.48. The van der Waals surface area contributed by atoms with E-state index >= 15 is 0 Å². The number of hydrogen-bond donors (Lipinski definition) is 1. The third-order valence-corrected chi connectivity index (χ3v) is 3.11. The van der Waals surface area contributed by atoms with Gasteiger partial charge in [-0.25, -0.2) is 0 Å². The highest BCUT2D eigenvalue weighted by atomic mass is 35.5. The molecule has 2 heteroatoms. The van der Waals surface area contributed by atoms with Gasteiger partial charge in [0.05, 0.1) is 0 Å². The van der Waals surface area contributed by atoms with E-state index in [0.29, 0.717) is 5.92 Å². The van der Waals surface area contributed by atoms with Crippen LogP contribution in [0.25, 0.3) is 0 Å². The second-order valence-corrected chi connectivity index (χ2v) is 6.10. The first-order valence-corrected chi connectivity index (χ1v) is 6.80. The zero-order chi connectivity index (χ0) is 12.9. The van der Waals surface area contributed by atoms with Gasteiger partial charge in [-0.3, -0.25) is 0 Å². The molecule has 0 aromatic heterocycles. The first kappa shape index (κ1) is 14.5. The van der Waals surface area contributed by atoms with Crippen molar-refractivity contribution >= 4 is 11.6 Å². The zero-order valence-electron chi connectivity index (χ0n) is 11.4. The number of benzene rings is 1. The molecule has 0 bridgehead atoms. The molecule has 1 aromatic rings. The van der Waals surface area contributed by atoms with E-state index in [4.69, 9.17) is 11.6 Å². The van der Waals surface area contributed by atoms with Gasteiger partial charge < -0.3 is 5.32 Å². The summed E-state index contributed by atoms with van der Waals surface area (Å²) in [6.07, 6.45) is 2.42. The van der Waals surface area contributed by atoms with Crippen molar-refractivity contribution in [2.24, 2.45) is 0 Å². The van der Waals surface area contributed by atoms with Crippen molar-refractivity contribution in [3.63, 3.8) is 0 Å². The summed E-state index contributed by atoms with van der Waals surface area (Å²) in [6.45, 7) is 9.88. The number of hydrogen-bond acceptors (Lipinski definition) is 1. The molecule has 0 heterocycles. The minimum Gasteiger partial charge on any atom is -0.311 e. The lowest BCUT2D eigenvalue weighted by molar-refractivity contribution is 0.398. The highest BCUT2D eigenvalue weighted by molar-refractivity contribution is 6.30. The third kappa shape index (κ3) is 5.56. The van der Waals surface area contributed by atoms with Crippen LogP contribution in [0.4, 0.5) is 0 Å². The molecule has 0 aliphatic carbocycles. The van der Waals surface area contributed by atoms with E-state index in [2.05, 4.69) is 45.1 Å². The highest BCUT2D eigenvalue weighted by Gasteiger charge is 2.15. The molecule has 1 nitrogen and oxygen atoms in total. The Morgan fingerprint density at radius 3 is 2.24 bits per heavy atom. The van der Waals surface area contributed by atoms with Crippen LogP contribution in [0.1, 0.15) is 52.0 Å². The van der Waals surface area contributed by atoms with Crippen molar-refractivity contribution in [3.8, 4) is 0 Å². The Morgan fingerprint density at radius 2 is 1.76 bits per heavy atom. The molecule has 1 atom stereocenters. The highest BCUT2D eigenvalue weighted by Crippen LogP contribution is 2.23. The van der Waals surface area contributed by atoms with Gasteiger partial charge in [0.2, 0.25) is 0 Å². The molecule has 96 valence electrons. The van der Waals surface area contributed by atoms with Crippen LogP contribution in [0.15, 0.2) is 24.3 Å². The Bertz CT molecular complexity index is 324. The topological polar surface area (TPSA) is 12.0 Å². The Balaban J connectivity index is 2.68. The van der Waals surface area contributed by atoms with E-state index in [9.17, 15) is 0 Å². The molecular weight excluding hydrogens is 230 g/mol. The summed E-state index contributed by atoms with van der Waals surface area (Å²) in [5, 5.41) is 4.40. The molecule has 17 heavy (non-hydrogen) atoms. The molecule has 1 unspecified atom stereocenters. The molecule has 0 radical (unpaired) electrons. The van der Waals surface area contributed by atoms with Crippen LogP contribution < -0.4 is 5.32 Å². The van der Waals surface area contributed by atoms with E-state index in [0.717, 1.165) is 11.6 Å². The Labute approximate surface area is 111 Å². The molecule has 0 spiro atoms. The van der Waals surface area contributed by atoms with Gasteiger partial charge in [-0.1, -0.05) is 37.1 Å². The maximum absolute atomic E-state index is 5.93. The average molecular weight is 254 g/mol. The predicted octanol–water partition coefficient (Wildman–Crippen LogP) is 4.61. The van der Waals surface area contributed by atoms with Crippen LogP contribution in [0.3, 0.4) is 0 Å². The van der Waals surface area contributed by atoms with Crippen molar-refractivity contribution in [1.82, 2.24) is 5.32 Å². The maximum Gasteiger partial charge on any atom is 0.0406 e. The molecule has 0 saturated heterocycles. The smallest absolute Gasteiger partial charge is 0.0406 e. The number of halogens is 1. The summed E-state index contributed by atoms with van der Waals surface area (Å²) < 4.78 is 0. The fourth-order valence-electron chi connectivity index (χ4n) is 1.90. The molecule has 0 aliphatic rings. The predicted molar refractivity (Wildman–Crippen MR) is 76.9 cm³/mol. The Morgan fingerprint density at radius 1 is 1.18 bits per heavy atom. The van der Waals surface area contributed by atoms with E-state index in [1.165, 1.54) is 18.4 Å². The molecular formula is C15H24ClN. The lowest BCUT2D eigenvalue weighted by Gasteiger charge is -2.25. The van der Waals surface area contributed by atoms with Crippen LogP contribution >= 0.6 is 11.6 Å². The van der Waals surface area contributed by atoms with Gasteiger partial charge in [0.25, 0.3) is 0 Å². The fraction of sp³-hybridized carbons (Fsp3) is 0.600. The minimum atomic E-state index is 0.179. The van der Waals surface area contributed by atoms with Crippen LogP contribution in [-0.2, 0) is 0 Å². The summed E-state index contributed by atoms with van der Waals surface area (Å²) in [5.74, 6) is 0.580. The first-order chi connectivity index (χ1) is 7.92. The molecule has 0 fully saturated rings. The van der Waals surface area contributed by atoms with Gasteiger partial charge in [-0.05, 0) is 50.8 Å². The minimum absolute atomic E-state index is 0.179. The van der Waals surface area contributed by atoms with Crippen LogP contribution in [0.5, 0.6) is 0 Å². The molecule has 0 saturated carbocycles. The average Bonchev–Trinajstić information content (AvgIpc) is 2.24. The monoisotopic (exact) mass is 253 g/mol. The van der Waals surface area contributed by atoms with Gasteiger partial charge in [0.15, 0.2) is 0 Å². The van der Waals surface area contributed by atoms with E-state index in [1.54, 1.807) is 0 Å². The summed E-state index contributed by atoms with van der Waals surface area (Å²) in [6, 6.07) is 8.26. The number of rotatable bonds is 5. The summed E-state index contributed by atoms with van der Waals surface area (Å²) in [7, 11) is 0. The summed E-state index contributed by atoms with van der Waals surface area (Å²) in [4.78, 5) is 0. The van der Waals surface area contributed by atoms with Crippen molar-refractivity contribution in [1.29, 1.82) is 0 Å². The van der Waals surface area contributed by atoms with Gasteiger partial charge in [0, 0.05) is 17.1 Å². The van der Waals surface area contributed by atoms with E-state index in [-0.39, 0.29) is 5.54 Å². The second kappa shape index (κ2) is 6.42. The van der Waals surface area contributed by atoms with Crippen LogP contribution in [0, 0.1) is 0 Å². The lowest BCUT2D eigenvalue weighted by atomic mass is 9.93. The third-order valence-electron chi connectivity index (χ3n) is 2.86. The standard InChI is InChI=1S/C15H24ClN/c1-5-6-13(11-17-15(2,3)4)12-7-9-14(16)10-8-12/h7-10,13,17H,5-6,11H2,1-4H3. The fourth-order valence-corrected chi connectivity index (χ4v) is 2.03. The first-order valence-electron chi connectivity index (χ1n) is 6.43. The van der Waals surface area contributed by atoms with Crippen molar-refractivity contribution < 1.29 is 0 Å². The normalized spacial score (nSPS) is 13.7. The van der Waals surface area contributed by atoms with E-state index in [1.807, 2.05) is 12.1 Å². The maximum atomic E-state index is 5.93. The van der Waals surface area contributed by atoms with Gasteiger partial charge in [-0.2, -0.15) is 0 Å². The zero-order valence-corrected chi connectivity index (χ0v) is 12.1. The Hall–Kier alpha value is -0.530. The number of nitrogens with one attached hydrogen (secondary N) is 1. The van der Waals surface area contributed by atoms with Gasteiger partial charge in [0.1, 0.15) is 0 Å². The summed E-state index contributed by atoms with van der Waals surface area (Å²) in [5.41, 5.74) is 1.56. The van der Waals surface area contributed by atoms with Crippen LogP contribution in [0.2, 0.25) is 5.02 Å². The van der Waals surface area contributed by atoms with E-state index < -0.39 is 0 Å². The summed E-state index contributed by atoms with van der Waals surface area (Å²) >= 11 is 5.93. The SMILES string of the molecule is CCCC(CNC(C)(C)C)c1ccc(Cl)cc1. The van der Waals surface area contributed by atoms with Crippen LogP contribution in [-0.4, -0.2) is 12.1 Å². The molecule has 1 N–H and O–H groups in total. The van der Waals surface area contributed by atoms with Crippen molar-refractivity contribution in [3.05, 3.63) is 34.9 Å². The van der Waals surface area contributed by atoms with Crippen molar-refractivity contribution in [2.75, 3.05) is 6.54 Å². The largest absolute Gasteiger partial charge is 0.311 e. The molecule has 1 rings (SSSR count). The molecule has 0 aliphatic heterocycles. The van der Waals surface area contributed by atoms with Gasteiger partial charge >= 0.3 is 0 Å². The molecule has 0 amide bonds. The lowest BCUT2D eigenvalue weighted by Crippen LogP contribution is -2.38. The quantitative estimate of drug-likeness (QED) is 0.808. The second-order valence-electron chi connectivity index (χ2n) is 5.67. The van der Waals surface area contributed by atoms with Gasteiger partial charge in [-0.15, -0.1) is 0 Å². The molecule has 1 aromatic carbocycles. The van der Waals surface area contributed by atoms with Crippen molar-refractivity contribution in [2.45, 2.75) is 52.0 Å².